The Kier molecular flexibility index (Phi) is 9.02. The minimum absolute atomic E-state index is 0.0330. The van der Waals surface area contributed by atoms with E-state index in [-0.39, 0.29) is 52.6 Å². The first-order chi connectivity index (χ1) is 20.0. The third kappa shape index (κ3) is 7.24. The number of hydrogen-bond acceptors (Lipinski definition) is 7. The number of nitrogens with zero attached hydrogens (tertiary/aromatic N) is 5. The predicted molar refractivity (Wildman–Crippen MR) is 150 cm³/mol. The van der Waals surface area contributed by atoms with Crippen LogP contribution in [0.5, 0.6) is 0 Å². The number of halogens is 5. The molecule has 2 aromatic rings. The van der Waals surface area contributed by atoms with Crippen molar-refractivity contribution in [3.63, 3.8) is 0 Å². The summed E-state index contributed by atoms with van der Waals surface area (Å²) < 4.78 is 89.5. The maximum atomic E-state index is 14.4. The predicted octanol–water partition coefficient (Wildman–Crippen LogP) is 4.06. The minimum atomic E-state index is -4.94. The maximum Gasteiger partial charge on any atom is 0.433 e. The van der Waals surface area contributed by atoms with Crippen LogP contribution in [0, 0.1) is 6.92 Å². The normalized spacial score (nSPS) is 19.8. The first kappa shape index (κ1) is 32.1. The van der Waals surface area contributed by atoms with Crippen LogP contribution in [-0.4, -0.2) is 82.1 Å². The van der Waals surface area contributed by atoms with E-state index in [4.69, 9.17) is 5.11 Å². The van der Waals surface area contributed by atoms with E-state index in [1.807, 2.05) is 0 Å². The molecule has 0 saturated carbocycles. The Morgan fingerprint density at radius 3 is 2.60 bits per heavy atom. The summed E-state index contributed by atoms with van der Waals surface area (Å²) in [7, 11) is -1.78. The maximum absolute atomic E-state index is 14.4. The molecular formula is C27H30F5N6O4S+. The van der Waals surface area contributed by atoms with Crippen molar-refractivity contribution in [1.29, 1.82) is 0 Å². The third-order valence-electron chi connectivity index (χ3n) is 7.05. The van der Waals surface area contributed by atoms with Gasteiger partial charge in [0.25, 0.3) is 11.8 Å². The van der Waals surface area contributed by atoms with Crippen LogP contribution in [0.3, 0.4) is 0 Å². The van der Waals surface area contributed by atoms with Gasteiger partial charge in [0.2, 0.25) is 5.92 Å². The number of benzene rings is 1. The van der Waals surface area contributed by atoms with Crippen LogP contribution in [0.25, 0.3) is 0 Å². The Morgan fingerprint density at radius 2 is 1.98 bits per heavy atom. The molecule has 1 aromatic carbocycles. The Morgan fingerprint density at radius 1 is 1.26 bits per heavy atom. The van der Waals surface area contributed by atoms with Gasteiger partial charge in [-0.3, -0.25) is 9.59 Å². The molecule has 2 aliphatic rings. The first-order valence-corrected chi connectivity index (χ1v) is 15.1. The number of rotatable bonds is 6. The van der Waals surface area contributed by atoms with E-state index in [0.29, 0.717) is 0 Å². The highest BCUT2D eigenvalue weighted by molar-refractivity contribution is 7.93. The summed E-state index contributed by atoms with van der Waals surface area (Å²) in [6, 6.07) is 5.52. The molecule has 10 nitrogen and oxygen atoms in total. The highest BCUT2D eigenvalue weighted by Gasteiger charge is 2.43. The van der Waals surface area contributed by atoms with Crippen molar-refractivity contribution in [2.75, 3.05) is 43.2 Å². The van der Waals surface area contributed by atoms with Gasteiger partial charge in [0, 0.05) is 48.3 Å². The minimum Gasteiger partial charge on any atom is -0.386 e. The molecule has 4 rings (SSSR count). The SMILES string of the molecule is Cc1c(C(=O)Nc2cccc([S@@](C)(=O)=NC(=O)CO)c2)c(N2CCCC(F)(F)CC2)nc(C(F)(F)F)c1C1C=N[N+](C)=C1. The number of alkyl halides is 5. The number of aromatic nitrogens is 1. The van der Waals surface area contributed by atoms with Gasteiger partial charge in [0.05, 0.1) is 21.5 Å². The molecule has 2 atom stereocenters. The Bertz CT molecular complexity index is 1630. The third-order valence-corrected chi connectivity index (χ3v) is 8.73. The van der Waals surface area contributed by atoms with Gasteiger partial charge < -0.3 is 15.3 Å². The molecule has 232 valence electrons. The highest BCUT2D eigenvalue weighted by atomic mass is 32.2. The van der Waals surface area contributed by atoms with Crippen molar-refractivity contribution in [2.45, 2.75) is 49.1 Å². The fraction of sp³-hybridized carbons (Fsp3) is 0.444. The van der Waals surface area contributed by atoms with Crippen LogP contribution in [0.4, 0.5) is 33.5 Å². The molecule has 0 radical (unpaired) electrons. The molecule has 2 N–H and O–H groups in total. The molecular weight excluding hydrogens is 599 g/mol. The molecule has 0 spiro atoms. The summed E-state index contributed by atoms with van der Waals surface area (Å²) in [4.78, 5) is 30.7. The molecule has 1 aromatic heterocycles. The van der Waals surface area contributed by atoms with Crippen LogP contribution in [-0.2, 0) is 20.7 Å². The summed E-state index contributed by atoms with van der Waals surface area (Å²) in [5.74, 6) is -6.26. The molecule has 2 amide bonds. The molecule has 1 fully saturated rings. The molecule has 16 heteroatoms. The number of hydrogen-bond donors (Lipinski definition) is 2. The first-order valence-electron chi connectivity index (χ1n) is 13.2. The van der Waals surface area contributed by atoms with Crippen molar-refractivity contribution >= 4 is 45.5 Å². The molecule has 0 bridgehead atoms. The Labute approximate surface area is 244 Å². The number of aliphatic hydroxyl groups excluding tert-OH is 1. The van der Waals surface area contributed by atoms with E-state index in [0.717, 1.165) is 0 Å². The van der Waals surface area contributed by atoms with Gasteiger partial charge in [0.15, 0.2) is 19.0 Å². The van der Waals surface area contributed by atoms with E-state index in [2.05, 4.69) is 19.8 Å². The smallest absolute Gasteiger partial charge is 0.386 e. The molecule has 3 heterocycles. The largest absolute Gasteiger partial charge is 0.433 e. The monoisotopic (exact) mass is 629 g/mol. The number of hydrazone groups is 1. The zero-order chi connectivity index (χ0) is 31.7. The van der Waals surface area contributed by atoms with Crippen molar-refractivity contribution in [2.24, 2.45) is 9.46 Å². The lowest BCUT2D eigenvalue weighted by Crippen LogP contribution is -2.32. The lowest BCUT2D eigenvalue weighted by Gasteiger charge is -2.28. The average Bonchev–Trinajstić information content (AvgIpc) is 3.25. The summed E-state index contributed by atoms with van der Waals surface area (Å²) >= 11 is 0. The number of anilines is 2. The summed E-state index contributed by atoms with van der Waals surface area (Å²) in [5, 5.41) is 15.5. The van der Waals surface area contributed by atoms with Crippen molar-refractivity contribution in [1.82, 2.24) is 4.98 Å². The zero-order valence-corrected chi connectivity index (χ0v) is 24.3. The van der Waals surface area contributed by atoms with E-state index in [1.54, 1.807) is 0 Å². The Balaban J connectivity index is 1.86. The topological polar surface area (TPSA) is 127 Å². The lowest BCUT2D eigenvalue weighted by atomic mass is 9.91. The van der Waals surface area contributed by atoms with Gasteiger partial charge >= 0.3 is 6.18 Å². The Hall–Kier alpha value is -3.79. The molecule has 43 heavy (non-hydrogen) atoms. The number of pyridine rings is 1. The zero-order valence-electron chi connectivity index (χ0n) is 23.5. The van der Waals surface area contributed by atoms with Crippen molar-refractivity contribution in [3.05, 3.63) is 46.6 Å². The molecule has 2 aliphatic heterocycles. The number of carbonyl (C=O) groups is 2. The number of nitrogens with one attached hydrogen (secondary N) is 1. The van der Waals surface area contributed by atoms with E-state index >= 15 is 0 Å². The highest BCUT2D eigenvalue weighted by Crippen LogP contribution is 2.41. The lowest BCUT2D eigenvalue weighted by molar-refractivity contribution is -0.494. The van der Waals surface area contributed by atoms with Gasteiger partial charge in [-0.15, -0.1) is 0 Å². The van der Waals surface area contributed by atoms with Crippen molar-refractivity contribution < 1.29 is 45.5 Å². The van der Waals surface area contributed by atoms with E-state index in [9.17, 15) is 35.8 Å². The van der Waals surface area contributed by atoms with Crippen LogP contribution in [0.15, 0.2) is 38.6 Å². The van der Waals surface area contributed by atoms with E-state index < -0.39 is 64.7 Å². The average molecular weight is 630 g/mol. The van der Waals surface area contributed by atoms with Crippen LogP contribution in [0.2, 0.25) is 0 Å². The standard InChI is InChI=1S/C27H29F5N6O4S/c1-16-21(17-13-33-37(2)14-17)23(27(30,31)32)35-24(38-10-5-8-26(28,29)9-11-38)22(16)25(41)34-18-6-4-7-19(12-18)43(3,42)36-20(40)15-39/h4,6-7,12-14,17,39H,5,8-11,15H2,1-3H3/p+1/t17?,43-/m1/s1. The van der Waals surface area contributed by atoms with Gasteiger partial charge in [-0.25, -0.2) is 18.0 Å². The number of aliphatic hydroxyl groups is 1. The van der Waals surface area contributed by atoms with E-state index in [1.165, 1.54) is 66.5 Å². The molecule has 1 unspecified atom stereocenters. The van der Waals surface area contributed by atoms with Crippen LogP contribution in [0.1, 0.15) is 52.4 Å². The molecule has 1 saturated heterocycles. The summed E-state index contributed by atoms with van der Waals surface area (Å²) in [5.41, 5.74) is -1.79. The van der Waals surface area contributed by atoms with Gasteiger partial charge in [-0.2, -0.15) is 17.5 Å². The van der Waals surface area contributed by atoms with Crippen molar-refractivity contribution in [3.8, 4) is 0 Å². The quantitative estimate of drug-likeness (QED) is 0.367. The van der Waals surface area contributed by atoms with Gasteiger partial charge in [0.1, 0.15) is 18.3 Å². The van der Waals surface area contributed by atoms with Gasteiger partial charge in [-0.05, 0) is 42.2 Å². The summed E-state index contributed by atoms with van der Waals surface area (Å²) in [6.07, 6.45) is -2.18. The number of amides is 2. The second-order valence-corrected chi connectivity index (χ2v) is 12.6. The second kappa shape index (κ2) is 12.1. The molecule has 0 aliphatic carbocycles. The fourth-order valence-electron chi connectivity index (χ4n) is 5.02. The van der Waals surface area contributed by atoms with Crippen LogP contribution >= 0.6 is 0 Å². The number of carbonyl (C=O) groups excluding carboxylic acids is 2. The fourth-order valence-corrected chi connectivity index (χ4v) is 6.25. The van der Waals surface area contributed by atoms with Gasteiger partial charge in [-0.1, -0.05) is 10.8 Å². The summed E-state index contributed by atoms with van der Waals surface area (Å²) in [6.45, 7) is 0.00996. The second-order valence-electron chi connectivity index (χ2n) is 10.3. The van der Waals surface area contributed by atoms with Crippen LogP contribution < -0.4 is 10.2 Å².